The predicted molar refractivity (Wildman–Crippen MR) is 196 cm³/mol. The Labute approximate surface area is 291 Å². The Hall–Kier alpha value is -3.49. The molecule has 0 spiro atoms. The first-order valence-corrected chi connectivity index (χ1v) is 17.7. The largest absolute Gasteiger partial charge is 0.477 e. The Kier molecular flexibility index (Phi) is 28.6. The van der Waals surface area contributed by atoms with Crippen molar-refractivity contribution in [2.45, 2.75) is 109 Å². The molecule has 0 aliphatic rings. The van der Waals surface area contributed by atoms with E-state index in [1.165, 1.54) is 0 Å². The Morgan fingerprint density at radius 1 is 0.646 bits per heavy atom. The average molecular weight is 671 g/mol. The van der Waals surface area contributed by atoms with Gasteiger partial charge in [0.05, 0.1) is 34.4 Å². The van der Waals surface area contributed by atoms with Gasteiger partial charge in [0.15, 0.2) is 12.1 Å². The molecule has 2 unspecified atom stereocenters. The molecule has 0 rings (SSSR count). The lowest BCUT2D eigenvalue weighted by atomic mass is 10.1. The topological polar surface area (TPSA) is 99.1 Å². The molecule has 48 heavy (non-hydrogen) atoms. The number of carboxylic acids is 1. The molecule has 2 atom stereocenters. The number of allylic oxidation sites excluding steroid dienone is 14. The van der Waals surface area contributed by atoms with Crippen molar-refractivity contribution in [3.8, 4) is 0 Å². The third-order valence-corrected chi connectivity index (χ3v) is 7.17. The molecule has 8 nitrogen and oxygen atoms in total. The number of hydrogen-bond donors (Lipinski definition) is 1. The minimum atomic E-state index is -0.893. The fourth-order valence-corrected chi connectivity index (χ4v) is 4.44. The Morgan fingerprint density at radius 2 is 1.21 bits per heavy atom. The molecule has 0 aliphatic heterocycles. The van der Waals surface area contributed by atoms with E-state index in [1.807, 2.05) is 69.8 Å². The van der Waals surface area contributed by atoms with Crippen molar-refractivity contribution >= 4 is 17.9 Å². The minimum Gasteiger partial charge on any atom is -0.477 e. The van der Waals surface area contributed by atoms with Gasteiger partial charge in [0, 0.05) is 19.3 Å². The number of nitrogens with zero attached hydrogens (tertiary/aromatic N) is 1. The summed E-state index contributed by atoms with van der Waals surface area (Å²) in [4.78, 5) is 36.6. The van der Waals surface area contributed by atoms with Crippen molar-refractivity contribution in [1.82, 2.24) is 0 Å². The fraction of sp³-hybridized carbons (Fsp3) is 0.575. The summed E-state index contributed by atoms with van der Waals surface area (Å²) in [5.74, 6) is -1.59. The van der Waals surface area contributed by atoms with Crippen LogP contribution in [0, 0.1) is 0 Å². The summed E-state index contributed by atoms with van der Waals surface area (Å²) in [6.07, 6.45) is 37.9. The number of unbranched alkanes of at least 4 members (excludes halogenated alkanes) is 5. The van der Waals surface area contributed by atoms with Crippen molar-refractivity contribution in [2.24, 2.45) is 0 Å². The van der Waals surface area contributed by atoms with Crippen LogP contribution in [-0.4, -0.2) is 80.6 Å². The lowest BCUT2D eigenvalue weighted by molar-refractivity contribution is -0.887. The lowest BCUT2D eigenvalue weighted by Gasteiger charge is -2.31. The maximum absolute atomic E-state index is 12.6. The van der Waals surface area contributed by atoms with Gasteiger partial charge in [-0.3, -0.25) is 9.59 Å². The molecule has 0 heterocycles. The smallest absolute Gasteiger partial charge is 0.362 e. The maximum atomic E-state index is 12.6. The molecule has 0 aliphatic carbocycles. The van der Waals surface area contributed by atoms with Gasteiger partial charge < -0.3 is 23.8 Å². The molecular weight excluding hydrogens is 606 g/mol. The lowest BCUT2D eigenvalue weighted by Crippen LogP contribution is -2.50. The second kappa shape index (κ2) is 30.8. The van der Waals surface area contributed by atoms with E-state index in [1.54, 1.807) is 0 Å². The molecule has 0 bridgehead atoms. The van der Waals surface area contributed by atoms with Crippen molar-refractivity contribution < 1.29 is 38.2 Å². The summed E-state index contributed by atoms with van der Waals surface area (Å²) in [6.45, 7) is 4.33. The van der Waals surface area contributed by atoms with E-state index in [0.29, 0.717) is 19.3 Å². The Bertz CT molecular complexity index is 1060. The summed E-state index contributed by atoms with van der Waals surface area (Å²) in [5.41, 5.74) is 0. The van der Waals surface area contributed by atoms with Gasteiger partial charge in [0.2, 0.25) is 0 Å². The van der Waals surface area contributed by atoms with E-state index in [9.17, 15) is 19.5 Å². The second-order valence-electron chi connectivity index (χ2n) is 12.5. The second-order valence-corrected chi connectivity index (χ2v) is 12.5. The van der Waals surface area contributed by atoms with E-state index in [4.69, 9.17) is 14.2 Å². The van der Waals surface area contributed by atoms with Gasteiger partial charge in [0.25, 0.3) is 0 Å². The van der Waals surface area contributed by atoms with Crippen LogP contribution in [0.1, 0.15) is 97.3 Å². The van der Waals surface area contributed by atoms with E-state index in [0.717, 1.165) is 57.8 Å². The molecule has 8 heteroatoms. The minimum absolute atomic E-state index is 0.0279. The first-order chi connectivity index (χ1) is 23.1. The molecule has 0 radical (unpaired) electrons. The molecule has 0 fully saturated rings. The van der Waals surface area contributed by atoms with E-state index >= 15 is 0 Å². The van der Waals surface area contributed by atoms with E-state index < -0.39 is 18.1 Å². The van der Waals surface area contributed by atoms with Crippen LogP contribution in [0.25, 0.3) is 0 Å². The van der Waals surface area contributed by atoms with Crippen LogP contribution < -0.4 is 0 Å². The highest BCUT2D eigenvalue weighted by molar-refractivity contribution is 5.72. The van der Waals surface area contributed by atoms with Crippen LogP contribution in [-0.2, 0) is 28.6 Å². The summed E-state index contributed by atoms with van der Waals surface area (Å²) in [6, 6.07) is -0.629. The number of esters is 2. The molecule has 0 saturated heterocycles. The van der Waals surface area contributed by atoms with Gasteiger partial charge in [-0.05, 0) is 57.8 Å². The summed E-state index contributed by atoms with van der Waals surface area (Å²) in [7, 11) is 5.47. The van der Waals surface area contributed by atoms with Crippen LogP contribution >= 0.6 is 0 Å². The van der Waals surface area contributed by atoms with Gasteiger partial charge >= 0.3 is 17.9 Å². The molecule has 0 aromatic carbocycles. The number of hydrogen-bond acceptors (Lipinski definition) is 6. The van der Waals surface area contributed by atoms with Crippen LogP contribution in [0.4, 0.5) is 0 Å². The molecular formula is C40H64NO7+. The average Bonchev–Trinajstić information content (AvgIpc) is 3.03. The van der Waals surface area contributed by atoms with Gasteiger partial charge in [-0.25, -0.2) is 4.79 Å². The highest BCUT2D eigenvalue weighted by Gasteiger charge is 2.31. The van der Waals surface area contributed by atoms with Crippen LogP contribution in [0.5, 0.6) is 0 Å². The van der Waals surface area contributed by atoms with Gasteiger partial charge in [0.1, 0.15) is 6.61 Å². The third-order valence-electron chi connectivity index (χ3n) is 7.17. The maximum Gasteiger partial charge on any atom is 0.362 e. The van der Waals surface area contributed by atoms with Crippen LogP contribution in [0.3, 0.4) is 0 Å². The monoisotopic (exact) mass is 670 g/mol. The van der Waals surface area contributed by atoms with Gasteiger partial charge in [-0.15, -0.1) is 0 Å². The number of aliphatic carboxylic acids is 1. The van der Waals surface area contributed by atoms with E-state index in [2.05, 4.69) is 50.3 Å². The molecule has 0 saturated carbocycles. The summed E-state index contributed by atoms with van der Waals surface area (Å²) in [5, 5.41) is 9.55. The number of carbonyl (C=O) groups excluding carboxylic acids is 2. The molecule has 0 aromatic heterocycles. The van der Waals surface area contributed by atoms with Crippen LogP contribution in [0.15, 0.2) is 85.1 Å². The molecule has 1 N–H and O–H groups in total. The van der Waals surface area contributed by atoms with Crippen LogP contribution in [0.2, 0.25) is 0 Å². The number of likely N-dealkylation sites (N-methyl/N-ethyl adjacent to an activating group) is 1. The Morgan fingerprint density at radius 3 is 1.85 bits per heavy atom. The zero-order valence-corrected chi connectivity index (χ0v) is 30.4. The van der Waals surface area contributed by atoms with Crippen molar-refractivity contribution in [1.29, 1.82) is 0 Å². The fourth-order valence-electron chi connectivity index (χ4n) is 4.44. The number of carbonyl (C=O) groups is 3. The highest BCUT2D eigenvalue weighted by atomic mass is 16.6. The zero-order chi connectivity index (χ0) is 35.7. The van der Waals surface area contributed by atoms with Crippen molar-refractivity contribution in [3.63, 3.8) is 0 Å². The zero-order valence-electron chi connectivity index (χ0n) is 30.4. The van der Waals surface area contributed by atoms with Gasteiger partial charge in [-0.1, -0.05) is 105 Å². The standard InChI is InChI=1S/C40H63NO7/c1-6-8-10-12-14-16-17-18-19-20-21-23-24-26-28-30-38(42)47-35-36(34-46-33-32-37(40(44)45)41(3,4)5)48-39(43)31-29-27-25-22-15-13-11-9-7-2/h8-12,14-22,36-37H,6-7,13,23-35H2,1-5H3/p+1/b10-8+,11-9+,14-12+,17-16+,19-18+,21-20+,22-15+. The number of ether oxygens (including phenoxy) is 3. The first-order valence-electron chi connectivity index (χ1n) is 17.7. The molecule has 0 amide bonds. The van der Waals surface area contributed by atoms with Crippen molar-refractivity contribution in [2.75, 3.05) is 41.0 Å². The summed E-state index contributed by atoms with van der Waals surface area (Å²) < 4.78 is 17.0. The number of quaternary nitrogens is 1. The normalized spacial score (nSPS) is 14.1. The number of rotatable bonds is 29. The highest BCUT2D eigenvalue weighted by Crippen LogP contribution is 2.11. The quantitative estimate of drug-likeness (QED) is 0.0280. The summed E-state index contributed by atoms with van der Waals surface area (Å²) >= 11 is 0. The molecule has 0 aromatic rings. The van der Waals surface area contributed by atoms with Gasteiger partial charge in [-0.2, -0.15) is 0 Å². The Balaban J connectivity index is 4.58. The van der Waals surface area contributed by atoms with E-state index in [-0.39, 0.29) is 42.7 Å². The third kappa shape index (κ3) is 28.7. The first kappa shape index (κ1) is 44.5. The molecule has 270 valence electrons. The van der Waals surface area contributed by atoms with Crippen molar-refractivity contribution in [3.05, 3.63) is 85.1 Å². The predicted octanol–water partition coefficient (Wildman–Crippen LogP) is 8.62. The SMILES string of the molecule is CC/C=C/C=C/C=C/C=C/C=C/CCCCCC(=O)OCC(COCCC(C(=O)O)[N+](C)(C)C)OC(=O)CCCC/C=C/C/C=C/CC. The number of carboxylic acid groups (broad SMARTS) is 1.